The van der Waals surface area contributed by atoms with Gasteiger partial charge in [0.25, 0.3) is 5.91 Å². The Kier molecular flexibility index (Phi) is 4.33. The topological polar surface area (TPSA) is 96.0 Å². The highest BCUT2D eigenvalue weighted by Crippen LogP contribution is 2.29. The molecule has 0 unspecified atom stereocenters. The van der Waals surface area contributed by atoms with E-state index in [0.29, 0.717) is 16.5 Å². The van der Waals surface area contributed by atoms with Crippen molar-refractivity contribution in [3.8, 4) is 16.6 Å². The van der Waals surface area contributed by atoms with Crippen molar-refractivity contribution in [2.24, 2.45) is 0 Å². The number of nitrogens with one attached hydrogen (secondary N) is 1. The van der Waals surface area contributed by atoms with E-state index in [0.717, 1.165) is 22.2 Å². The molecule has 4 rings (SSSR count). The first-order valence-electron chi connectivity index (χ1n) is 8.27. The van der Waals surface area contributed by atoms with Crippen LogP contribution in [0.4, 0.5) is 10.1 Å². The Hall–Kier alpha value is -3.64. The van der Waals surface area contributed by atoms with E-state index in [4.69, 9.17) is 5.26 Å². The van der Waals surface area contributed by atoms with Gasteiger partial charge in [0.15, 0.2) is 5.82 Å². The number of carbonyl (C=O) groups is 1. The number of hydrogen-bond donors (Lipinski definition) is 1. The fourth-order valence-corrected chi connectivity index (χ4v) is 3.61. The molecule has 2 aromatic carbocycles. The molecule has 28 heavy (non-hydrogen) atoms. The van der Waals surface area contributed by atoms with Gasteiger partial charge < -0.3 is 5.32 Å². The number of fused-ring (bicyclic) bond motifs is 1. The molecule has 2 aromatic heterocycles. The van der Waals surface area contributed by atoms with Crippen LogP contribution < -0.4 is 5.32 Å². The Morgan fingerprint density at radius 1 is 1.21 bits per heavy atom. The zero-order chi connectivity index (χ0) is 19.8. The standard InChI is InChI=1S/C19H13FN6OS/c1-10-7-13(18-25-26-11(2)23-24-19(26)28-18)4-6-16(10)22-17(27)14-5-3-12(9-21)8-15(14)20/h3-8H,1-2H3,(H,22,27). The van der Waals surface area contributed by atoms with Gasteiger partial charge in [-0.25, -0.2) is 4.39 Å². The van der Waals surface area contributed by atoms with Crippen molar-refractivity contribution in [3.63, 3.8) is 0 Å². The smallest absolute Gasteiger partial charge is 0.258 e. The van der Waals surface area contributed by atoms with E-state index in [9.17, 15) is 9.18 Å². The third-order valence-corrected chi connectivity index (χ3v) is 5.16. The highest BCUT2D eigenvalue weighted by Gasteiger charge is 2.15. The van der Waals surface area contributed by atoms with Crippen LogP contribution in [0.1, 0.15) is 27.3 Å². The monoisotopic (exact) mass is 392 g/mol. The van der Waals surface area contributed by atoms with E-state index in [2.05, 4.69) is 20.6 Å². The molecule has 0 saturated carbocycles. The number of aromatic nitrogens is 4. The number of carbonyl (C=O) groups excluding carboxylic acids is 1. The Labute approximate surface area is 163 Å². The molecule has 0 fully saturated rings. The number of benzene rings is 2. The molecule has 0 spiro atoms. The summed E-state index contributed by atoms with van der Waals surface area (Å²) < 4.78 is 15.7. The summed E-state index contributed by atoms with van der Waals surface area (Å²) in [5.74, 6) is -0.601. The number of nitriles is 1. The number of amides is 1. The molecule has 138 valence electrons. The van der Waals surface area contributed by atoms with Crippen LogP contribution in [0.2, 0.25) is 0 Å². The lowest BCUT2D eigenvalue weighted by Crippen LogP contribution is -2.14. The highest BCUT2D eigenvalue weighted by atomic mass is 32.1. The summed E-state index contributed by atoms with van der Waals surface area (Å²) in [6, 6.07) is 11.1. The van der Waals surface area contributed by atoms with E-state index in [-0.39, 0.29) is 11.1 Å². The van der Waals surface area contributed by atoms with Gasteiger partial charge in [0.1, 0.15) is 10.8 Å². The lowest BCUT2D eigenvalue weighted by molar-refractivity contribution is 0.102. The van der Waals surface area contributed by atoms with E-state index in [1.807, 2.05) is 32.0 Å². The van der Waals surface area contributed by atoms with Gasteiger partial charge in [-0.1, -0.05) is 11.3 Å². The minimum Gasteiger partial charge on any atom is -0.322 e. The fraction of sp³-hybridized carbons (Fsp3) is 0.105. The normalized spacial score (nSPS) is 10.8. The van der Waals surface area contributed by atoms with Crippen LogP contribution in [0.25, 0.3) is 15.5 Å². The summed E-state index contributed by atoms with van der Waals surface area (Å²) in [6.07, 6.45) is 0. The second-order valence-electron chi connectivity index (χ2n) is 6.14. The molecule has 0 saturated heterocycles. The Bertz CT molecular complexity index is 1270. The number of anilines is 1. The molecule has 0 radical (unpaired) electrons. The summed E-state index contributed by atoms with van der Waals surface area (Å²) in [7, 11) is 0. The molecule has 4 aromatic rings. The Morgan fingerprint density at radius 2 is 2.04 bits per heavy atom. The quantitative estimate of drug-likeness (QED) is 0.573. The maximum Gasteiger partial charge on any atom is 0.258 e. The first-order valence-corrected chi connectivity index (χ1v) is 9.09. The van der Waals surface area contributed by atoms with Crippen molar-refractivity contribution < 1.29 is 9.18 Å². The van der Waals surface area contributed by atoms with Crippen LogP contribution >= 0.6 is 11.3 Å². The van der Waals surface area contributed by atoms with Gasteiger partial charge in [-0.15, -0.1) is 10.2 Å². The van der Waals surface area contributed by atoms with Crippen molar-refractivity contribution in [3.05, 3.63) is 64.7 Å². The van der Waals surface area contributed by atoms with Crippen LogP contribution in [0.3, 0.4) is 0 Å². The molecule has 0 bridgehead atoms. The first-order chi connectivity index (χ1) is 13.5. The third kappa shape index (κ3) is 3.10. The van der Waals surface area contributed by atoms with Gasteiger partial charge in [-0.3, -0.25) is 4.79 Å². The van der Waals surface area contributed by atoms with Crippen LogP contribution in [-0.4, -0.2) is 25.7 Å². The predicted molar refractivity (Wildman–Crippen MR) is 103 cm³/mol. The maximum absolute atomic E-state index is 14.0. The largest absolute Gasteiger partial charge is 0.322 e. The van der Waals surface area contributed by atoms with Gasteiger partial charge in [0.2, 0.25) is 4.96 Å². The molecule has 1 amide bonds. The molecular formula is C19H13FN6OS. The zero-order valence-corrected chi connectivity index (χ0v) is 15.7. The molecule has 9 heteroatoms. The molecule has 0 atom stereocenters. The van der Waals surface area contributed by atoms with Crippen LogP contribution in [0.15, 0.2) is 36.4 Å². The second-order valence-corrected chi connectivity index (χ2v) is 7.10. The third-order valence-electron chi connectivity index (χ3n) is 4.21. The van der Waals surface area contributed by atoms with Crippen molar-refractivity contribution in [2.75, 3.05) is 5.32 Å². The summed E-state index contributed by atoms with van der Waals surface area (Å²) >= 11 is 1.42. The number of nitrogens with zero attached hydrogens (tertiary/aromatic N) is 5. The van der Waals surface area contributed by atoms with Crippen molar-refractivity contribution in [1.29, 1.82) is 5.26 Å². The van der Waals surface area contributed by atoms with E-state index >= 15 is 0 Å². The number of hydrogen-bond acceptors (Lipinski definition) is 6. The van der Waals surface area contributed by atoms with E-state index in [1.54, 1.807) is 10.6 Å². The second kappa shape index (κ2) is 6.83. The predicted octanol–water partition coefficient (Wildman–Crippen LogP) is 3.73. The lowest BCUT2D eigenvalue weighted by Gasteiger charge is -2.10. The minimum absolute atomic E-state index is 0.119. The fourth-order valence-electron chi connectivity index (χ4n) is 2.73. The van der Waals surface area contributed by atoms with Gasteiger partial charge in [0, 0.05) is 11.3 Å². The Balaban J connectivity index is 1.59. The molecular weight excluding hydrogens is 379 g/mol. The van der Waals surface area contributed by atoms with Gasteiger partial charge in [-0.2, -0.15) is 14.9 Å². The van der Waals surface area contributed by atoms with Gasteiger partial charge >= 0.3 is 0 Å². The Morgan fingerprint density at radius 3 is 2.71 bits per heavy atom. The maximum atomic E-state index is 14.0. The van der Waals surface area contributed by atoms with Crippen LogP contribution in [0.5, 0.6) is 0 Å². The number of rotatable bonds is 3. The number of halogens is 1. The molecule has 2 heterocycles. The number of aryl methyl sites for hydroxylation is 2. The van der Waals surface area contributed by atoms with Gasteiger partial charge in [-0.05, 0) is 55.8 Å². The SMILES string of the molecule is Cc1cc(-c2nn3c(C)nnc3s2)ccc1NC(=O)c1ccc(C#N)cc1F. The van der Waals surface area contributed by atoms with Crippen LogP contribution in [-0.2, 0) is 0 Å². The molecule has 1 N–H and O–H groups in total. The summed E-state index contributed by atoms with van der Waals surface area (Å²) in [5, 5.41) is 24.8. The van der Waals surface area contributed by atoms with Crippen molar-refractivity contribution in [2.45, 2.75) is 13.8 Å². The summed E-state index contributed by atoms with van der Waals surface area (Å²) in [6.45, 7) is 3.68. The lowest BCUT2D eigenvalue weighted by atomic mass is 10.1. The average Bonchev–Trinajstić information content (AvgIpc) is 3.25. The summed E-state index contributed by atoms with van der Waals surface area (Å²) in [4.78, 5) is 13.1. The molecule has 0 aliphatic carbocycles. The molecule has 0 aliphatic rings. The van der Waals surface area contributed by atoms with Crippen molar-refractivity contribution >= 4 is 27.9 Å². The van der Waals surface area contributed by atoms with Crippen molar-refractivity contribution in [1.82, 2.24) is 19.8 Å². The first kappa shape index (κ1) is 17.8. The molecule has 0 aliphatic heterocycles. The minimum atomic E-state index is -0.735. The van der Waals surface area contributed by atoms with Crippen LogP contribution in [0, 0.1) is 31.0 Å². The highest BCUT2D eigenvalue weighted by molar-refractivity contribution is 7.19. The van der Waals surface area contributed by atoms with E-state index in [1.165, 1.54) is 23.5 Å². The van der Waals surface area contributed by atoms with E-state index < -0.39 is 11.7 Å². The zero-order valence-electron chi connectivity index (χ0n) is 14.9. The molecule has 7 nitrogen and oxygen atoms in total. The average molecular weight is 392 g/mol. The van der Waals surface area contributed by atoms with Gasteiger partial charge in [0.05, 0.1) is 17.2 Å². The summed E-state index contributed by atoms with van der Waals surface area (Å²) in [5.41, 5.74) is 2.30.